The number of aryl methyl sites for hydroxylation is 2. The summed E-state index contributed by atoms with van der Waals surface area (Å²) in [5, 5.41) is 7.85. The molecule has 0 saturated carbocycles. The Kier molecular flexibility index (Phi) is 3.78. The highest BCUT2D eigenvalue weighted by atomic mass is 16.3. The Morgan fingerprint density at radius 1 is 1.36 bits per heavy atom. The fraction of sp³-hybridized carbons (Fsp3) is 0.176. The van der Waals surface area contributed by atoms with Crippen molar-refractivity contribution >= 4 is 28.8 Å². The summed E-state index contributed by atoms with van der Waals surface area (Å²) in [5.74, 6) is 1.19. The normalized spacial score (nSPS) is 11.4. The van der Waals surface area contributed by atoms with Gasteiger partial charge in [-0.05, 0) is 12.1 Å². The second-order valence-corrected chi connectivity index (χ2v) is 4.99. The number of para-hydroxylation sites is 1. The molecule has 0 unspecified atom stereocenters. The summed E-state index contributed by atoms with van der Waals surface area (Å²) in [6.07, 6.45) is 5.85. The van der Waals surface area contributed by atoms with E-state index in [1.807, 2.05) is 31.2 Å². The van der Waals surface area contributed by atoms with Gasteiger partial charge in [-0.15, -0.1) is 0 Å². The van der Waals surface area contributed by atoms with Crippen molar-refractivity contribution in [2.75, 3.05) is 5.32 Å². The molecule has 3 aromatic rings. The molecule has 0 bridgehead atoms. The summed E-state index contributed by atoms with van der Waals surface area (Å²) < 4.78 is 7.44. The minimum absolute atomic E-state index is 0.217. The maximum atomic E-state index is 12.0. The van der Waals surface area contributed by atoms with Crippen LogP contribution in [-0.4, -0.2) is 15.7 Å². The molecule has 1 amide bonds. The molecule has 1 N–H and O–H groups in total. The molecule has 112 valence electrons. The van der Waals surface area contributed by atoms with Gasteiger partial charge < -0.3 is 9.73 Å². The lowest BCUT2D eigenvalue weighted by Gasteiger charge is -1.97. The van der Waals surface area contributed by atoms with E-state index in [2.05, 4.69) is 10.4 Å². The van der Waals surface area contributed by atoms with Gasteiger partial charge in [-0.25, -0.2) is 0 Å². The maximum absolute atomic E-state index is 12.0. The highest BCUT2D eigenvalue weighted by molar-refractivity contribution is 6.03. The summed E-state index contributed by atoms with van der Waals surface area (Å²) >= 11 is 0. The van der Waals surface area contributed by atoms with Crippen LogP contribution in [-0.2, 0) is 18.3 Å². The molecular formula is C17H17N3O2. The van der Waals surface area contributed by atoms with Crippen molar-refractivity contribution in [3.63, 3.8) is 0 Å². The first-order valence-corrected chi connectivity index (χ1v) is 7.16. The van der Waals surface area contributed by atoms with Gasteiger partial charge in [0, 0.05) is 42.8 Å². The van der Waals surface area contributed by atoms with Gasteiger partial charge in [-0.3, -0.25) is 9.48 Å². The molecule has 2 aromatic heterocycles. The quantitative estimate of drug-likeness (QED) is 0.751. The van der Waals surface area contributed by atoms with E-state index in [1.54, 1.807) is 30.1 Å². The number of carbonyl (C=O) groups excluding carboxylic acids is 1. The van der Waals surface area contributed by atoms with E-state index >= 15 is 0 Å². The van der Waals surface area contributed by atoms with E-state index in [9.17, 15) is 4.79 Å². The Morgan fingerprint density at radius 3 is 2.91 bits per heavy atom. The van der Waals surface area contributed by atoms with Gasteiger partial charge in [0.25, 0.3) is 0 Å². The van der Waals surface area contributed by atoms with Crippen molar-refractivity contribution in [3.05, 3.63) is 53.9 Å². The largest absolute Gasteiger partial charge is 0.460 e. The van der Waals surface area contributed by atoms with Crippen LogP contribution in [0.15, 0.2) is 47.0 Å². The number of rotatable bonds is 4. The lowest BCUT2D eigenvalue weighted by Crippen LogP contribution is -2.08. The van der Waals surface area contributed by atoms with Gasteiger partial charge in [-0.2, -0.15) is 5.10 Å². The average Bonchev–Trinajstić information content (AvgIpc) is 3.08. The van der Waals surface area contributed by atoms with Crippen molar-refractivity contribution in [2.45, 2.75) is 13.3 Å². The summed E-state index contributed by atoms with van der Waals surface area (Å²) in [7, 11) is 1.80. The monoisotopic (exact) mass is 295 g/mol. The molecule has 0 atom stereocenters. The third kappa shape index (κ3) is 2.79. The van der Waals surface area contributed by atoms with Gasteiger partial charge in [0.2, 0.25) is 5.91 Å². The van der Waals surface area contributed by atoms with Crippen LogP contribution >= 0.6 is 0 Å². The van der Waals surface area contributed by atoms with Gasteiger partial charge >= 0.3 is 0 Å². The summed E-state index contributed by atoms with van der Waals surface area (Å²) in [6, 6.07) is 9.57. The molecule has 0 aliphatic rings. The minimum Gasteiger partial charge on any atom is -0.460 e. The zero-order chi connectivity index (χ0) is 15.5. The first-order valence-electron chi connectivity index (χ1n) is 7.16. The summed E-state index contributed by atoms with van der Waals surface area (Å²) in [6.45, 7) is 2.03. The first-order chi connectivity index (χ1) is 10.7. The molecule has 0 fully saturated rings. The van der Waals surface area contributed by atoms with Gasteiger partial charge in [0.05, 0.1) is 0 Å². The van der Waals surface area contributed by atoms with Gasteiger partial charge in [0.15, 0.2) is 5.82 Å². The van der Waals surface area contributed by atoms with Crippen LogP contribution in [0.5, 0.6) is 0 Å². The zero-order valence-electron chi connectivity index (χ0n) is 12.5. The molecule has 2 heterocycles. The van der Waals surface area contributed by atoms with Crippen LogP contribution < -0.4 is 5.32 Å². The zero-order valence-corrected chi connectivity index (χ0v) is 12.5. The Morgan fingerprint density at radius 2 is 2.18 bits per heavy atom. The summed E-state index contributed by atoms with van der Waals surface area (Å²) in [4.78, 5) is 12.0. The number of anilines is 1. The van der Waals surface area contributed by atoms with E-state index in [-0.39, 0.29) is 5.91 Å². The van der Waals surface area contributed by atoms with Crippen LogP contribution in [0.4, 0.5) is 5.82 Å². The van der Waals surface area contributed by atoms with Crippen LogP contribution in [0.2, 0.25) is 0 Å². The number of amides is 1. The number of aromatic nitrogens is 2. The highest BCUT2D eigenvalue weighted by Gasteiger charge is 2.10. The summed E-state index contributed by atoms with van der Waals surface area (Å²) in [5.41, 5.74) is 1.79. The fourth-order valence-corrected chi connectivity index (χ4v) is 2.37. The molecule has 22 heavy (non-hydrogen) atoms. The Bertz CT molecular complexity index is 843. The Balaban J connectivity index is 1.84. The van der Waals surface area contributed by atoms with Crippen LogP contribution in [0.1, 0.15) is 18.2 Å². The van der Waals surface area contributed by atoms with Gasteiger partial charge in [0.1, 0.15) is 11.3 Å². The molecule has 5 heteroatoms. The van der Waals surface area contributed by atoms with Crippen molar-refractivity contribution in [3.8, 4) is 0 Å². The van der Waals surface area contributed by atoms with E-state index in [0.29, 0.717) is 5.82 Å². The number of hydrogen-bond donors (Lipinski definition) is 1. The molecule has 0 radical (unpaired) electrons. The number of carbonyl (C=O) groups is 1. The number of fused-ring (bicyclic) bond motifs is 1. The SMILES string of the molecule is CCc1oc2ccccc2c1/C=C/C(=O)Nc1ccn(C)n1. The average molecular weight is 295 g/mol. The fourth-order valence-electron chi connectivity index (χ4n) is 2.37. The third-order valence-electron chi connectivity index (χ3n) is 3.40. The van der Waals surface area contributed by atoms with Crippen molar-refractivity contribution < 1.29 is 9.21 Å². The van der Waals surface area contributed by atoms with Crippen molar-refractivity contribution in [1.29, 1.82) is 0 Å². The smallest absolute Gasteiger partial charge is 0.249 e. The van der Waals surface area contributed by atoms with E-state index in [4.69, 9.17) is 4.42 Å². The molecule has 0 saturated heterocycles. The van der Waals surface area contributed by atoms with Crippen LogP contribution in [0.3, 0.4) is 0 Å². The van der Waals surface area contributed by atoms with Crippen LogP contribution in [0, 0.1) is 0 Å². The lowest BCUT2D eigenvalue weighted by molar-refractivity contribution is -0.111. The Hall–Kier alpha value is -2.82. The number of nitrogens with zero attached hydrogens (tertiary/aromatic N) is 2. The van der Waals surface area contributed by atoms with E-state index in [1.165, 1.54) is 6.08 Å². The molecule has 0 aliphatic heterocycles. The highest BCUT2D eigenvalue weighted by Crippen LogP contribution is 2.27. The van der Waals surface area contributed by atoms with Crippen molar-refractivity contribution in [2.24, 2.45) is 7.05 Å². The molecule has 3 rings (SSSR count). The second kappa shape index (κ2) is 5.89. The third-order valence-corrected chi connectivity index (χ3v) is 3.40. The topological polar surface area (TPSA) is 60.1 Å². The molecular weight excluding hydrogens is 278 g/mol. The molecule has 5 nitrogen and oxygen atoms in total. The predicted molar refractivity (Wildman–Crippen MR) is 86.5 cm³/mol. The number of benzene rings is 1. The second-order valence-electron chi connectivity index (χ2n) is 4.99. The lowest BCUT2D eigenvalue weighted by atomic mass is 10.1. The number of nitrogens with one attached hydrogen (secondary N) is 1. The van der Waals surface area contributed by atoms with Gasteiger partial charge in [-0.1, -0.05) is 25.1 Å². The predicted octanol–water partition coefficient (Wildman–Crippen LogP) is 3.38. The Labute approximate surface area is 128 Å². The molecule has 1 aromatic carbocycles. The number of hydrogen-bond acceptors (Lipinski definition) is 3. The van der Waals surface area contributed by atoms with Crippen LogP contribution in [0.25, 0.3) is 17.0 Å². The maximum Gasteiger partial charge on any atom is 0.249 e. The van der Waals surface area contributed by atoms with Crippen molar-refractivity contribution in [1.82, 2.24) is 9.78 Å². The van der Waals surface area contributed by atoms with E-state index in [0.717, 1.165) is 28.7 Å². The number of furan rings is 1. The standard InChI is InChI=1S/C17H17N3O2/c1-3-14-13(12-6-4-5-7-15(12)22-14)8-9-17(21)18-16-10-11-20(2)19-16/h4-11H,3H2,1-2H3,(H,18,19,21)/b9-8+. The minimum atomic E-state index is -0.217. The first kappa shape index (κ1) is 14.1. The van der Waals surface area contributed by atoms with E-state index < -0.39 is 0 Å². The molecule has 0 aliphatic carbocycles. The molecule has 0 spiro atoms.